The lowest BCUT2D eigenvalue weighted by Crippen LogP contribution is -2.30. The van der Waals surface area contributed by atoms with Crippen molar-refractivity contribution in [3.63, 3.8) is 0 Å². The van der Waals surface area contributed by atoms with Gasteiger partial charge in [-0.1, -0.05) is 28.1 Å². The largest absolute Gasteiger partial charge is 0.468 e. The summed E-state index contributed by atoms with van der Waals surface area (Å²) in [6.45, 7) is 5.02. The summed E-state index contributed by atoms with van der Waals surface area (Å²) in [6, 6.07) is 12.7. The van der Waals surface area contributed by atoms with Gasteiger partial charge in [0.2, 0.25) is 0 Å². The van der Waals surface area contributed by atoms with Gasteiger partial charge in [0.15, 0.2) is 0 Å². The topological polar surface area (TPSA) is 28.4 Å². The second kappa shape index (κ2) is 7.62. The lowest BCUT2D eigenvalue weighted by Gasteiger charge is -2.18. The number of likely N-dealkylation sites (N-methyl/N-ethyl adjacent to an activating group) is 1. The Morgan fingerprint density at radius 1 is 1.25 bits per heavy atom. The zero-order chi connectivity index (χ0) is 14.4. The molecule has 0 saturated carbocycles. The van der Waals surface area contributed by atoms with Crippen LogP contribution in [0.2, 0.25) is 0 Å². The van der Waals surface area contributed by atoms with Gasteiger partial charge in [-0.25, -0.2) is 0 Å². The van der Waals surface area contributed by atoms with Crippen molar-refractivity contribution in [1.29, 1.82) is 0 Å². The molecule has 2 aromatic rings. The smallest absolute Gasteiger partial charge is 0.120 e. The summed E-state index contributed by atoms with van der Waals surface area (Å²) in [6.07, 6.45) is 1.72. The monoisotopic (exact) mass is 336 g/mol. The van der Waals surface area contributed by atoms with E-state index in [1.54, 1.807) is 6.26 Å². The van der Waals surface area contributed by atoms with Crippen molar-refractivity contribution >= 4 is 15.9 Å². The third kappa shape index (κ3) is 4.78. The van der Waals surface area contributed by atoms with Gasteiger partial charge >= 0.3 is 0 Å². The highest BCUT2D eigenvalue weighted by Gasteiger charge is 2.07. The van der Waals surface area contributed by atoms with Crippen LogP contribution in [0.5, 0.6) is 0 Å². The van der Waals surface area contributed by atoms with Crippen LogP contribution in [0.25, 0.3) is 0 Å². The maximum atomic E-state index is 5.38. The van der Waals surface area contributed by atoms with Crippen LogP contribution in [0.1, 0.15) is 24.3 Å². The number of benzene rings is 1. The molecule has 108 valence electrons. The third-order valence-electron chi connectivity index (χ3n) is 3.28. The minimum atomic E-state index is 0.256. The van der Waals surface area contributed by atoms with Crippen molar-refractivity contribution in [2.75, 3.05) is 20.1 Å². The fourth-order valence-electron chi connectivity index (χ4n) is 2.09. The van der Waals surface area contributed by atoms with E-state index in [4.69, 9.17) is 4.42 Å². The summed E-state index contributed by atoms with van der Waals surface area (Å²) in [5.74, 6) is 0.987. The molecule has 0 aliphatic carbocycles. The number of nitrogens with one attached hydrogen (secondary N) is 1. The minimum Gasteiger partial charge on any atom is -0.468 e. The highest BCUT2D eigenvalue weighted by atomic mass is 79.9. The number of rotatable bonds is 7. The molecule has 1 aromatic heterocycles. The SMILES string of the molecule is CC(NCCN(C)Cc1ccc(Br)cc1)c1ccco1. The average Bonchev–Trinajstić information content (AvgIpc) is 2.95. The molecule has 1 unspecified atom stereocenters. The zero-order valence-electron chi connectivity index (χ0n) is 12.0. The Bertz CT molecular complexity index is 496. The molecule has 0 fully saturated rings. The molecule has 0 aliphatic heterocycles. The van der Waals surface area contributed by atoms with Crippen molar-refractivity contribution in [2.24, 2.45) is 0 Å². The summed E-state index contributed by atoms with van der Waals surface area (Å²) in [7, 11) is 2.14. The van der Waals surface area contributed by atoms with Crippen molar-refractivity contribution in [3.05, 3.63) is 58.5 Å². The Kier molecular flexibility index (Phi) is 5.83. The van der Waals surface area contributed by atoms with Crippen LogP contribution >= 0.6 is 15.9 Å². The highest BCUT2D eigenvalue weighted by Crippen LogP contribution is 2.13. The van der Waals surface area contributed by atoms with Gasteiger partial charge in [-0.15, -0.1) is 0 Å². The molecule has 3 nitrogen and oxygen atoms in total. The molecule has 1 atom stereocenters. The first kappa shape index (κ1) is 15.3. The normalized spacial score (nSPS) is 12.8. The van der Waals surface area contributed by atoms with Gasteiger partial charge in [0, 0.05) is 24.1 Å². The summed E-state index contributed by atoms with van der Waals surface area (Å²) in [4.78, 5) is 2.31. The number of hydrogen-bond acceptors (Lipinski definition) is 3. The summed E-state index contributed by atoms with van der Waals surface area (Å²) < 4.78 is 6.50. The molecule has 4 heteroatoms. The minimum absolute atomic E-state index is 0.256. The second-order valence-corrected chi connectivity index (χ2v) is 5.97. The molecule has 0 aliphatic rings. The van der Waals surface area contributed by atoms with Gasteiger partial charge in [0.25, 0.3) is 0 Å². The first-order valence-corrected chi connectivity index (χ1v) is 7.64. The van der Waals surface area contributed by atoms with Gasteiger partial charge in [-0.3, -0.25) is 0 Å². The van der Waals surface area contributed by atoms with E-state index in [9.17, 15) is 0 Å². The van der Waals surface area contributed by atoms with E-state index >= 15 is 0 Å². The number of nitrogens with zero attached hydrogens (tertiary/aromatic N) is 1. The molecule has 0 spiro atoms. The van der Waals surface area contributed by atoms with Gasteiger partial charge in [0.05, 0.1) is 12.3 Å². The summed E-state index contributed by atoms with van der Waals surface area (Å²) in [5.41, 5.74) is 1.33. The molecule has 0 bridgehead atoms. The Morgan fingerprint density at radius 3 is 2.65 bits per heavy atom. The van der Waals surface area contributed by atoms with Gasteiger partial charge < -0.3 is 14.6 Å². The standard InChI is InChI=1S/C16H21BrN2O/c1-13(16-4-3-11-20-16)18-9-10-19(2)12-14-5-7-15(17)8-6-14/h3-8,11,13,18H,9-10,12H2,1-2H3. The first-order valence-electron chi connectivity index (χ1n) is 6.85. The van der Waals surface area contributed by atoms with Crippen molar-refractivity contribution in [3.8, 4) is 0 Å². The van der Waals surface area contributed by atoms with E-state index < -0.39 is 0 Å². The molecule has 0 saturated heterocycles. The predicted octanol–water partition coefficient (Wildman–Crippen LogP) is 3.82. The highest BCUT2D eigenvalue weighted by molar-refractivity contribution is 9.10. The van der Waals surface area contributed by atoms with Crippen molar-refractivity contribution in [1.82, 2.24) is 10.2 Å². The fraction of sp³-hybridized carbons (Fsp3) is 0.375. The Labute approximate surface area is 129 Å². The average molecular weight is 337 g/mol. The maximum Gasteiger partial charge on any atom is 0.120 e. The van der Waals surface area contributed by atoms with Crippen LogP contribution in [-0.4, -0.2) is 25.0 Å². The van der Waals surface area contributed by atoms with Crippen LogP contribution in [0.3, 0.4) is 0 Å². The van der Waals surface area contributed by atoms with Gasteiger partial charge in [0.1, 0.15) is 5.76 Å². The molecule has 0 amide bonds. The van der Waals surface area contributed by atoms with E-state index in [0.717, 1.165) is 29.9 Å². The van der Waals surface area contributed by atoms with E-state index in [2.05, 4.69) is 64.4 Å². The fourth-order valence-corrected chi connectivity index (χ4v) is 2.36. The number of halogens is 1. The lowest BCUT2D eigenvalue weighted by atomic mass is 10.2. The van der Waals surface area contributed by atoms with Crippen LogP contribution in [0, 0.1) is 0 Å². The second-order valence-electron chi connectivity index (χ2n) is 5.06. The van der Waals surface area contributed by atoms with E-state index in [1.165, 1.54) is 5.56 Å². The van der Waals surface area contributed by atoms with Crippen molar-refractivity contribution < 1.29 is 4.42 Å². The lowest BCUT2D eigenvalue weighted by molar-refractivity contribution is 0.313. The van der Waals surface area contributed by atoms with Crippen LogP contribution < -0.4 is 5.32 Å². The first-order chi connectivity index (χ1) is 9.65. The molecule has 0 radical (unpaired) electrons. The molecule has 20 heavy (non-hydrogen) atoms. The van der Waals surface area contributed by atoms with Gasteiger partial charge in [-0.05, 0) is 43.8 Å². The van der Waals surface area contributed by atoms with Crippen LogP contribution in [0.15, 0.2) is 51.6 Å². The van der Waals surface area contributed by atoms with Crippen LogP contribution in [-0.2, 0) is 6.54 Å². The van der Waals surface area contributed by atoms with E-state index in [0.29, 0.717) is 0 Å². The predicted molar refractivity (Wildman–Crippen MR) is 85.6 cm³/mol. The summed E-state index contributed by atoms with van der Waals surface area (Å²) in [5, 5.41) is 3.47. The Morgan fingerprint density at radius 2 is 2.00 bits per heavy atom. The Hall–Kier alpha value is -1.10. The molecular formula is C16H21BrN2O. The van der Waals surface area contributed by atoms with Crippen molar-refractivity contribution in [2.45, 2.75) is 19.5 Å². The molecular weight excluding hydrogens is 316 g/mol. The molecule has 1 aromatic carbocycles. The molecule has 1 N–H and O–H groups in total. The maximum absolute atomic E-state index is 5.38. The quantitative estimate of drug-likeness (QED) is 0.832. The van der Waals surface area contributed by atoms with Crippen LogP contribution in [0.4, 0.5) is 0 Å². The summed E-state index contributed by atoms with van der Waals surface area (Å²) >= 11 is 3.46. The van der Waals surface area contributed by atoms with E-state index in [-0.39, 0.29) is 6.04 Å². The molecule has 1 heterocycles. The number of furan rings is 1. The molecule has 2 rings (SSSR count). The van der Waals surface area contributed by atoms with E-state index in [1.807, 2.05) is 12.1 Å². The third-order valence-corrected chi connectivity index (χ3v) is 3.81. The van der Waals surface area contributed by atoms with Gasteiger partial charge in [-0.2, -0.15) is 0 Å². The zero-order valence-corrected chi connectivity index (χ0v) is 13.6. The number of hydrogen-bond donors (Lipinski definition) is 1. The Balaban J connectivity index is 1.70.